The summed E-state index contributed by atoms with van der Waals surface area (Å²) in [6.45, 7) is 0. The van der Waals surface area contributed by atoms with E-state index in [0.717, 1.165) is 5.56 Å². The van der Waals surface area contributed by atoms with Crippen LogP contribution in [0.5, 0.6) is 17.2 Å². The highest BCUT2D eigenvalue weighted by Crippen LogP contribution is 2.38. The third-order valence-corrected chi connectivity index (χ3v) is 3.51. The molecule has 9 nitrogen and oxygen atoms in total. The van der Waals surface area contributed by atoms with Gasteiger partial charge in [0.05, 0.1) is 34.0 Å². The molecule has 2 aromatic carbocycles. The van der Waals surface area contributed by atoms with Crippen molar-refractivity contribution in [3.05, 3.63) is 53.6 Å². The molecule has 28 heavy (non-hydrogen) atoms. The lowest BCUT2D eigenvalue weighted by atomic mass is 10.1. The largest absolute Gasteiger partial charge is 0.493 e. The van der Waals surface area contributed by atoms with Crippen LogP contribution in [0.15, 0.2) is 52.7 Å². The lowest BCUT2D eigenvalue weighted by Crippen LogP contribution is -2.34. The summed E-state index contributed by atoms with van der Waals surface area (Å²) < 4.78 is 15.7. The molecule has 0 saturated carbocycles. The number of rotatable bonds is 7. The molecular weight excluding hydrogens is 364 g/mol. The lowest BCUT2D eigenvalue weighted by molar-refractivity contribution is -0.147. The van der Waals surface area contributed by atoms with Gasteiger partial charge in [0.15, 0.2) is 11.5 Å². The Morgan fingerprint density at radius 1 is 1.07 bits per heavy atom. The van der Waals surface area contributed by atoms with Gasteiger partial charge in [0.2, 0.25) is 11.7 Å². The average Bonchev–Trinajstić information content (AvgIpc) is 2.72. The van der Waals surface area contributed by atoms with Gasteiger partial charge < -0.3 is 24.8 Å². The minimum Gasteiger partial charge on any atom is -0.493 e. The Labute approximate surface area is 162 Å². The molecule has 9 heteroatoms. The van der Waals surface area contributed by atoms with Gasteiger partial charge in [-0.1, -0.05) is 30.3 Å². The van der Waals surface area contributed by atoms with E-state index in [2.05, 4.69) is 15.7 Å². The van der Waals surface area contributed by atoms with Crippen LogP contribution in [0.4, 0.5) is 0 Å². The van der Waals surface area contributed by atoms with Gasteiger partial charge in [0, 0.05) is 0 Å². The van der Waals surface area contributed by atoms with Crippen LogP contribution in [0, 0.1) is 0 Å². The molecule has 0 unspecified atom stereocenters. The van der Waals surface area contributed by atoms with Crippen LogP contribution in [0.2, 0.25) is 0 Å². The second-order valence-electron chi connectivity index (χ2n) is 5.43. The van der Waals surface area contributed by atoms with Gasteiger partial charge in [-0.05, 0) is 23.3 Å². The Morgan fingerprint density at radius 2 is 1.71 bits per heavy atom. The zero-order valence-electron chi connectivity index (χ0n) is 15.8. The molecule has 0 saturated heterocycles. The van der Waals surface area contributed by atoms with Crippen molar-refractivity contribution in [2.24, 2.45) is 15.9 Å². The van der Waals surface area contributed by atoms with Gasteiger partial charge in [-0.2, -0.15) is 10.6 Å². The Kier molecular flexibility index (Phi) is 7.64. The van der Waals surface area contributed by atoms with E-state index in [0.29, 0.717) is 22.8 Å². The molecule has 3 N–H and O–H groups in total. The van der Waals surface area contributed by atoms with Crippen molar-refractivity contribution >= 4 is 18.1 Å². The summed E-state index contributed by atoms with van der Waals surface area (Å²) in [4.78, 5) is 16.9. The molecule has 0 amide bonds. The Bertz CT molecular complexity index is 828. The number of benzene rings is 2. The van der Waals surface area contributed by atoms with Crippen LogP contribution in [0.1, 0.15) is 11.1 Å². The second-order valence-corrected chi connectivity index (χ2v) is 5.43. The van der Waals surface area contributed by atoms with Crippen LogP contribution in [-0.4, -0.2) is 39.5 Å². The van der Waals surface area contributed by atoms with Gasteiger partial charge in [-0.15, -0.1) is 5.10 Å². The maximum atomic E-state index is 12.0. The predicted molar refractivity (Wildman–Crippen MR) is 105 cm³/mol. The highest BCUT2D eigenvalue weighted by atomic mass is 16.7. The normalized spacial score (nSPS) is 11.2. The number of hydrogen-bond donors (Lipinski definition) is 2. The monoisotopic (exact) mass is 386 g/mol. The van der Waals surface area contributed by atoms with Crippen molar-refractivity contribution in [3.8, 4) is 17.2 Å². The predicted octanol–water partition coefficient (Wildman–Crippen LogP) is 1.65. The van der Waals surface area contributed by atoms with Crippen molar-refractivity contribution in [1.82, 2.24) is 5.48 Å². The number of methoxy groups -OCH3 is 3. The number of nitrogens with one attached hydrogen (secondary N) is 1. The van der Waals surface area contributed by atoms with Crippen molar-refractivity contribution < 1.29 is 23.8 Å². The summed E-state index contributed by atoms with van der Waals surface area (Å²) in [5.74, 6) is 0.570. The number of ether oxygens (including phenoxy) is 3. The van der Waals surface area contributed by atoms with E-state index in [-0.39, 0.29) is 12.4 Å². The first-order chi connectivity index (χ1) is 13.6. The number of hydroxylamine groups is 1. The van der Waals surface area contributed by atoms with Gasteiger partial charge in [0.1, 0.15) is 0 Å². The second kappa shape index (κ2) is 10.4. The number of nitrogens with zero attached hydrogens (tertiary/aromatic N) is 2. The van der Waals surface area contributed by atoms with E-state index in [1.807, 2.05) is 30.3 Å². The van der Waals surface area contributed by atoms with Crippen LogP contribution in [0.25, 0.3) is 0 Å². The van der Waals surface area contributed by atoms with Crippen molar-refractivity contribution in [1.29, 1.82) is 0 Å². The van der Waals surface area contributed by atoms with E-state index in [9.17, 15) is 4.79 Å². The Morgan fingerprint density at radius 3 is 2.29 bits per heavy atom. The molecule has 0 aliphatic carbocycles. The lowest BCUT2D eigenvalue weighted by Gasteiger charge is -2.13. The smallest absolute Gasteiger partial charge is 0.336 e. The molecule has 0 fully saturated rings. The summed E-state index contributed by atoms with van der Waals surface area (Å²) in [5, 5.41) is 7.50. The molecule has 0 bridgehead atoms. The SMILES string of the molecule is COc1cc(CC(=O)ON/C(N)=N/N=Cc2ccccc2)cc(OC)c1OC. The summed E-state index contributed by atoms with van der Waals surface area (Å²) in [5.41, 5.74) is 9.32. The summed E-state index contributed by atoms with van der Waals surface area (Å²) in [6.07, 6.45) is 1.47. The molecule has 0 radical (unpaired) electrons. The number of nitrogens with two attached hydrogens (primary N) is 1. The number of guanidine groups is 1. The molecule has 2 rings (SSSR count). The number of hydrogen-bond acceptors (Lipinski definition) is 7. The van der Waals surface area contributed by atoms with Crippen LogP contribution < -0.4 is 25.4 Å². The van der Waals surface area contributed by atoms with E-state index < -0.39 is 5.97 Å². The molecule has 0 aliphatic heterocycles. The summed E-state index contributed by atoms with van der Waals surface area (Å²) in [6, 6.07) is 12.7. The maximum Gasteiger partial charge on any atom is 0.336 e. The third-order valence-electron chi connectivity index (χ3n) is 3.51. The maximum absolute atomic E-state index is 12.0. The molecular formula is C19H22N4O5. The molecule has 0 atom stereocenters. The minimum atomic E-state index is -0.584. The summed E-state index contributed by atoms with van der Waals surface area (Å²) >= 11 is 0. The van der Waals surface area contributed by atoms with Crippen LogP contribution in [-0.2, 0) is 16.1 Å². The molecule has 2 aromatic rings. The van der Waals surface area contributed by atoms with Crippen LogP contribution in [0.3, 0.4) is 0 Å². The zero-order valence-corrected chi connectivity index (χ0v) is 15.8. The number of carbonyl (C=O) groups excluding carboxylic acids is 1. The Hall–Kier alpha value is -3.75. The highest BCUT2D eigenvalue weighted by Gasteiger charge is 2.15. The van der Waals surface area contributed by atoms with Gasteiger partial charge in [0.25, 0.3) is 0 Å². The first-order valence-corrected chi connectivity index (χ1v) is 8.23. The van der Waals surface area contributed by atoms with Gasteiger partial charge >= 0.3 is 5.97 Å². The zero-order chi connectivity index (χ0) is 20.4. The quantitative estimate of drug-likeness (QED) is 0.422. The molecule has 0 aliphatic rings. The fraction of sp³-hybridized carbons (Fsp3) is 0.211. The third kappa shape index (κ3) is 5.90. The first kappa shape index (κ1) is 20.6. The molecule has 0 spiro atoms. The fourth-order valence-electron chi connectivity index (χ4n) is 2.27. The summed E-state index contributed by atoms with van der Waals surface area (Å²) in [7, 11) is 4.49. The topological polar surface area (TPSA) is 117 Å². The van der Waals surface area contributed by atoms with E-state index in [4.69, 9.17) is 24.8 Å². The highest BCUT2D eigenvalue weighted by molar-refractivity contribution is 5.82. The van der Waals surface area contributed by atoms with E-state index in [1.54, 1.807) is 12.1 Å². The fourth-order valence-corrected chi connectivity index (χ4v) is 2.27. The minimum absolute atomic E-state index is 0.0513. The molecule has 0 aromatic heterocycles. The number of carbonyl (C=O) groups is 1. The van der Waals surface area contributed by atoms with Crippen molar-refractivity contribution in [3.63, 3.8) is 0 Å². The first-order valence-electron chi connectivity index (χ1n) is 8.23. The molecule has 0 heterocycles. The van der Waals surface area contributed by atoms with E-state index >= 15 is 0 Å². The van der Waals surface area contributed by atoms with Gasteiger partial charge in [-0.3, -0.25) is 0 Å². The van der Waals surface area contributed by atoms with Gasteiger partial charge in [-0.25, -0.2) is 4.79 Å². The van der Waals surface area contributed by atoms with E-state index in [1.165, 1.54) is 27.5 Å². The van der Waals surface area contributed by atoms with Crippen molar-refractivity contribution in [2.45, 2.75) is 6.42 Å². The van der Waals surface area contributed by atoms with Crippen molar-refractivity contribution in [2.75, 3.05) is 21.3 Å². The average molecular weight is 386 g/mol. The van der Waals surface area contributed by atoms with Crippen LogP contribution >= 0.6 is 0 Å². The Balaban J connectivity index is 1.93. The molecule has 148 valence electrons. The standard InChI is InChI=1S/C19H22N4O5/c1-25-15-9-14(10-16(26-2)18(15)27-3)11-17(24)28-23-19(20)22-21-12-13-7-5-4-6-8-13/h4-10,12H,11H2,1-3H3,(H3,20,22,23).